The van der Waals surface area contributed by atoms with Gasteiger partial charge >= 0.3 is 113 Å². The predicted molar refractivity (Wildman–Crippen MR) is 63.9 cm³/mol. The van der Waals surface area contributed by atoms with Crippen molar-refractivity contribution in [2.24, 2.45) is 10.7 Å². The van der Waals surface area contributed by atoms with Gasteiger partial charge in [-0.25, -0.2) is 0 Å². The quantitative estimate of drug-likeness (QED) is 0.289. The summed E-state index contributed by atoms with van der Waals surface area (Å²) in [7, 11) is 1.70. The van der Waals surface area contributed by atoms with Gasteiger partial charge in [0.1, 0.15) is 0 Å². The Morgan fingerprint density at radius 3 is 2.59 bits per heavy atom. The molecule has 0 unspecified atom stereocenters. The van der Waals surface area contributed by atoms with Gasteiger partial charge in [-0.15, -0.1) is 0 Å². The molecule has 0 radical (unpaired) electrons. The van der Waals surface area contributed by atoms with Crippen molar-refractivity contribution in [1.82, 2.24) is 10.2 Å². The number of amides is 1. The van der Waals surface area contributed by atoms with Gasteiger partial charge < -0.3 is 0 Å². The molecule has 0 aromatic carbocycles. The molecule has 1 aliphatic rings. The van der Waals surface area contributed by atoms with Gasteiger partial charge in [0.05, 0.1) is 0 Å². The van der Waals surface area contributed by atoms with Gasteiger partial charge in [0.15, 0.2) is 0 Å². The summed E-state index contributed by atoms with van der Waals surface area (Å²) in [5.74, 6) is 0.674. The molecule has 3 N–H and O–H groups in total. The zero-order chi connectivity index (χ0) is 12.7. The van der Waals surface area contributed by atoms with Crippen LogP contribution in [0.15, 0.2) is 10.8 Å². The average molecular weight is 405 g/mol. The van der Waals surface area contributed by atoms with Crippen molar-refractivity contribution in [3.63, 3.8) is 0 Å². The first kappa shape index (κ1) is 14.1. The Hall–Kier alpha value is -0.962. The van der Waals surface area contributed by atoms with Crippen molar-refractivity contribution >= 4 is 16.1 Å². The summed E-state index contributed by atoms with van der Waals surface area (Å²) in [4.78, 5) is 17.4. The zero-order valence-corrected chi connectivity index (χ0v) is 12.8. The van der Waals surface area contributed by atoms with Crippen LogP contribution in [-0.2, 0) is 24.1 Å². The third-order valence-corrected chi connectivity index (χ3v) is 3.25. The van der Waals surface area contributed by atoms with Gasteiger partial charge in [0.25, 0.3) is 0 Å². The Labute approximate surface area is 113 Å². The minimum atomic E-state index is -0.612. The second kappa shape index (κ2) is 7.38. The molecular weight excluding hydrogens is 388 g/mol. The maximum atomic E-state index is 10.8. The van der Waals surface area contributed by atoms with E-state index in [-0.39, 0.29) is 0 Å². The fraction of sp³-hybridized carbons (Fsp3) is 0.545. The van der Waals surface area contributed by atoms with E-state index in [1.807, 2.05) is 4.40 Å². The van der Waals surface area contributed by atoms with E-state index in [1.165, 1.54) is 38.6 Å². The van der Waals surface area contributed by atoms with Crippen LogP contribution in [0, 0.1) is 6.08 Å². The molecule has 1 saturated heterocycles. The van der Waals surface area contributed by atoms with Gasteiger partial charge in [-0.3, -0.25) is 0 Å². The number of piperidine rings is 1. The molecule has 0 aromatic heterocycles. The predicted octanol–water partition coefficient (Wildman–Crippen LogP) is -0.431. The molecule has 1 rings (SSSR count). The number of rotatable bonds is 4. The molecule has 0 saturated carbocycles. The first-order chi connectivity index (χ1) is 8.17. The maximum absolute atomic E-state index is 10.8. The van der Waals surface area contributed by atoms with E-state index in [0.29, 0.717) is 5.82 Å². The summed E-state index contributed by atoms with van der Waals surface area (Å²) in [6.45, 7) is 2.05. The topological polar surface area (TPSA) is 70.7 Å². The Morgan fingerprint density at radius 1 is 1.47 bits per heavy atom. The molecule has 0 spiro atoms. The number of primary amides is 1. The van der Waals surface area contributed by atoms with Crippen LogP contribution in [0.4, 0.5) is 0 Å². The van der Waals surface area contributed by atoms with E-state index in [4.69, 9.17) is 5.73 Å². The molecule has 1 heterocycles. The Kier molecular flexibility index (Phi) is 6.12. The van der Waals surface area contributed by atoms with E-state index in [2.05, 4.69) is 21.3 Å². The van der Waals surface area contributed by atoms with Crippen molar-refractivity contribution in [1.29, 1.82) is 0 Å². The molecule has 0 aromatic rings. The Bertz CT molecular complexity index is 345. The molecule has 5 nitrogen and oxygen atoms in total. The van der Waals surface area contributed by atoms with Crippen molar-refractivity contribution in [3.05, 3.63) is 11.9 Å². The Balaban J connectivity index is 2.83. The first-order valence-corrected chi connectivity index (χ1v) is 7.26. The van der Waals surface area contributed by atoms with Gasteiger partial charge in [-0.05, 0) is 0 Å². The third kappa shape index (κ3) is 4.82. The summed E-state index contributed by atoms with van der Waals surface area (Å²) in [6, 6.07) is 0. The summed E-state index contributed by atoms with van der Waals surface area (Å²) in [5, 5.41) is 2.82. The second-order valence-corrected chi connectivity index (χ2v) is 4.57. The standard InChI is InChI=1S/C11H17N4O.W/c1-9(15-6-4-3-5-7-15)14-11(13-2)8-10(12)16;/h1,13H,3-7H2,2H3,(H2,12,16);/q-1;/b14-9+;. The van der Waals surface area contributed by atoms with E-state index < -0.39 is 5.91 Å². The van der Waals surface area contributed by atoms with Gasteiger partial charge in [-0.2, -0.15) is 0 Å². The number of amidine groups is 1. The average Bonchev–Trinajstić information content (AvgIpc) is 2.35. The number of hydrogen-bond acceptors (Lipinski definition) is 3. The molecular formula is C11H17N4OW-. The molecule has 0 atom stereocenters. The van der Waals surface area contributed by atoms with Crippen LogP contribution < -0.4 is 11.1 Å². The fourth-order valence-electron chi connectivity index (χ4n) is 1.67. The number of carbonyl (C=O) groups is 1. The monoisotopic (exact) mass is 405 g/mol. The SMILES string of the molecule is CNC(=[C-]C(N)=O)/N=C(\[CH]=[W])N1CCCCC1. The first-order valence-electron chi connectivity index (χ1n) is 5.57. The molecule has 1 amide bonds. The van der Waals surface area contributed by atoms with Crippen LogP contribution in [0.2, 0.25) is 0 Å². The number of carbonyl (C=O) groups excluding carboxylic acids is 1. The molecule has 1 aliphatic heterocycles. The zero-order valence-electron chi connectivity index (χ0n) is 9.90. The van der Waals surface area contributed by atoms with Crippen LogP contribution in [0.25, 0.3) is 0 Å². The van der Waals surface area contributed by atoms with Crippen molar-refractivity contribution < 1.29 is 24.1 Å². The number of aliphatic imine (C=N–C) groups is 1. The summed E-state index contributed by atoms with van der Waals surface area (Å²) < 4.78 is 2.02. The van der Waals surface area contributed by atoms with Crippen LogP contribution in [0.3, 0.4) is 0 Å². The molecule has 6 heteroatoms. The molecule has 17 heavy (non-hydrogen) atoms. The van der Waals surface area contributed by atoms with Gasteiger partial charge in [0.2, 0.25) is 0 Å². The molecule has 0 aliphatic carbocycles. The number of nitrogens with one attached hydrogen (secondary N) is 1. The number of likely N-dealkylation sites (tertiary alicyclic amines) is 1. The summed E-state index contributed by atoms with van der Waals surface area (Å²) in [5.41, 5.74) is 5.07. The number of hydrogen-bond donors (Lipinski definition) is 2. The van der Waals surface area contributed by atoms with Crippen LogP contribution in [-0.4, -0.2) is 41.2 Å². The third-order valence-electron chi connectivity index (χ3n) is 2.49. The summed E-state index contributed by atoms with van der Waals surface area (Å²) in [6.07, 6.45) is 6.12. The normalized spacial score (nSPS) is 17.8. The van der Waals surface area contributed by atoms with E-state index in [9.17, 15) is 4.79 Å². The number of nitrogens with zero attached hydrogens (tertiary/aromatic N) is 2. The van der Waals surface area contributed by atoms with Crippen molar-refractivity contribution in [2.75, 3.05) is 20.1 Å². The second-order valence-electron chi connectivity index (χ2n) is 3.72. The Morgan fingerprint density at radius 2 is 2.12 bits per heavy atom. The fourth-order valence-corrected chi connectivity index (χ4v) is 2.40. The van der Waals surface area contributed by atoms with Crippen molar-refractivity contribution in [2.45, 2.75) is 19.3 Å². The van der Waals surface area contributed by atoms with Gasteiger partial charge in [0, 0.05) is 0 Å². The van der Waals surface area contributed by atoms with E-state index in [0.717, 1.165) is 18.9 Å². The van der Waals surface area contributed by atoms with Crippen LogP contribution in [0.1, 0.15) is 19.3 Å². The van der Waals surface area contributed by atoms with E-state index >= 15 is 0 Å². The van der Waals surface area contributed by atoms with E-state index in [1.54, 1.807) is 7.05 Å². The minimum absolute atomic E-state index is 0.385. The molecule has 1 fully saturated rings. The van der Waals surface area contributed by atoms with Gasteiger partial charge in [-0.1, -0.05) is 0 Å². The van der Waals surface area contributed by atoms with Crippen LogP contribution in [0.5, 0.6) is 0 Å². The molecule has 94 valence electrons. The van der Waals surface area contributed by atoms with Crippen molar-refractivity contribution in [3.8, 4) is 0 Å². The van der Waals surface area contributed by atoms with Crippen LogP contribution >= 0.6 is 0 Å². The molecule has 0 bridgehead atoms. The summed E-state index contributed by atoms with van der Waals surface area (Å²) >= 11 is 1.33. The number of nitrogens with two attached hydrogens (primary N) is 1.